The molecule has 2 aromatic heterocycles. The second-order valence-corrected chi connectivity index (χ2v) is 19.2. The minimum Gasteiger partial charge on any atom is -0.472 e. The van der Waals surface area contributed by atoms with Gasteiger partial charge in [-0.15, -0.1) is 6.58 Å². The summed E-state index contributed by atoms with van der Waals surface area (Å²) in [6.07, 6.45) is 5.30. The average molecular weight is 759 g/mol. The first kappa shape index (κ1) is 39.1. The van der Waals surface area contributed by atoms with Crippen LogP contribution in [0.15, 0.2) is 67.5 Å². The van der Waals surface area contributed by atoms with Gasteiger partial charge in [-0.3, -0.25) is 24.2 Å². The van der Waals surface area contributed by atoms with Gasteiger partial charge in [-0.1, -0.05) is 45.0 Å². The number of aromatic nitrogens is 2. The molecule has 2 saturated carbocycles. The normalized spacial score (nSPS) is 23.4. The van der Waals surface area contributed by atoms with Gasteiger partial charge >= 0.3 is 5.97 Å². The lowest BCUT2D eigenvalue weighted by Gasteiger charge is -2.35. The number of hydrogen-bond donors (Lipinski definition) is 1. The lowest BCUT2D eigenvalue weighted by atomic mass is 9.77. The quantitative estimate of drug-likeness (QED) is 0.180. The molecule has 0 spiro atoms. The van der Waals surface area contributed by atoms with E-state index in [1.807, 2.05) is 63.2 Å². The second-order valence-electron chi connectivity index (χ2n) is 16.9. The van der Waals surface area contributed by atoms with Crippen LogP contribution in [0.25, 0.3) is 22.0 Å². The Bertz CT molecular complexity index is 2070. The molecule has 3 fully saturated rings. The average Bonchev–Trinajstić information content (AvgIpc) is 4.03. The van der Waals surface area contributed by atoms with Crippen molar-refractivity contribution in [2.24, 2.45) is 17.3 Å². The molecule has 288 valence electrons. The predicted molar refractivity (Wildman–Crippen MR) is 204 cm³/mol. The molecule has 0 radical (unpaired) electrons. The molecule has 5 atom stereocenters. The topological polar surface area (TPSA) is 162 Å². The van der Waals surface area contributed by atoms with Gasteiger partial charge in [-0.05, 0) is 75.1 Å². The number of amides is 2. The van der Waals surface area contributed by atoms with E-state index in [-0.39, 0.29) is 25.8 Å². The Kier molecular flexibility index (Phi) is 10.5. The molecule has 54 heavy (non-hydrogen) atoms. The van der Waals surface area contributed by atoms with Crippen LogP contribution in [0.5, 0.6) is 5.88 Å². The summed E-state index contributed by atoms with van der Waals surface area (Å²) in [7, 11) is -3.65. The molecule has 1 aromatic carbocycles. The van der Waals surface area contributed by atoms with Gasteiger partial charge in [0.1, 0.15) is 29.0 Å². The van der Waals surface area contributed by atoms with Crippen molar-refractivity contribution in [1.29, 1.82) is 0 Å². The molecule has 0 unspecified atom stereocenters. The highest BCUT2D eigenvalue weighted by atomic mass is 32.2. The number of carbonyl (C=O) groups excluding carboxylic acids is 4. The standard InChI is InChI=1S/C41H50N4O8S/c1-8-27-22-41(27,34(46)24-54(50,51)29-13-14-29)44-36(48)33-20-28(23-45(33)38(49)31(39(2,3)4)21-35(47)53-40(5,6)7)52-37-30-12-10-9-11-26(30)19-32(43-37)25-15-17-42-18-16-25/h8-12,15-19,27-29,31,33H,1,13-14,20-24H2,2-7H3,(H,44,48)/t27-,28-,31-,33+,41-/m1/s1. The van der Waals surface area contributed by atoms with Crippen LogP contribution in [0, 0.1) is 17.3 Å². The van der Waals surface area contributed by atoms with Crippen molar-refractivity contribution in [3.63, 3.8) is 0 Å². The van der Waals surface area contributed by atoms with E-state index < -0.39 is 84.9 Å². The van der Waals surface area contributed by atoms with Gasteiger partial charge < -0.3 is 19.7 Å². The fourth-order valence-electron chi connectivity index (χ4n) is 7.24. The zero-order valence-corrected chi connectivity index (χ0v) is 32.6. The number of likely N-dealkylation sites (tertiary alicyclic amines) is 1. The third-order valence-corrected chi connectivity index (χ3v) is 12.6. The Morgan fingerprint density at radius 2 is 1.74 bits per heavy atom. The summed E-state index contributed by atoms with van der Waals surface area (Å²) in [5, 5.41) is 3.98. The SMILES string of the molecule is C=C[C@@H]1C[C@]1(NC(=O)[C@@H]1C[C@@H](Oc2nc(-c3ccncc3)cc3ccccc23)CN1C(=O)[C@@H](CC(=O)OC(C)(C)C)C(C)(C)C)C(=O)CS(=O)(=O)C1CC1. The number of sulfone groups is 1. The highest BCUT2D eigenvalue weighted by molar-refractivity contribution is 7.93. The number of esters is 1. The van der Waals surface area contributed by atoms with Crippen molar-refractivity contribution in [3.8, 4) is 17.1 Å². The molecule has 3 aliphatic rings. The van der Waals surface area contributed by atoms with Gasteiger partial charge in [0.25, 0.3) is 0 Å². The monoisotopic (exact) mass is 758 g/mol. The summed E-state index contributed by atoms with van der Waals surface area (Å²) in [6.45, 7) is 14.6. The number of nitrogens with zero attached hydrogens (tertiary/aromatic N) is 3. The highest BCUT2D eigenvalue weighted by Gasteiger charge is 2.61. The molecule has 3 aromatic rings. The Morgan fingerprint density at radius 3 is 2.35 bits per heavy atom. The van der Waals surface area contributed by atoms with Gasteiger partial charge in [0.2, 0.25) is 17.7 Å². The van der Waals surface area contributed by atoms with Crippen molar-refractivity contribution in [1.82, 2.24) is 20.2 Å². The molecule has 1 N–H and O–H groups in total. The smallest absolute Gasteiger partial charge is 0.307 e. The summed E-state index contributed by atoms with van der Waals surface area (Å²) >= 11 is 0. The zero-order chi connectivity index (χ0) is 39.2. The fourth-order valence-corrected chi connectivity index (χ4v) is 8.95. The van der Waals surface area contributed by atoms with E-state index in [2.05, 4.69) is 16.9 Å². The summed E-state index contributed by atoms with van der Waals surface area (Å²) in [4.78, 5) is 66.3. The van der Waals surface area contributed by atoms with Gasteiger partial charge in [0, 0.05) is 35.7 Å². The molecule has 6 rings (SSSR count). The molecule has 3 heterocycles. The van der Waals surface area contributed by atoms with Gasteiger partial charge in [-0.25, -0.2) is 13.4 Å². The Labute approximate surface area is 317 Å². The number of Topliss-reactive ketones (excluding diaryl/α,β-unsaturated/α-hetero) is 1. The highest BCUT2D eigenvalue weighted by Crippen LogP contribution is 2.46. The van der Waals surface area contributed by atoms with Crippen molar-refractivity contribution in [3.05, 3.63) is 67.5 Å². The summed E-state index contributed by atoms with van der Waals surface area (Å²) in [6, 6.07) is 12.2. The molecular weight excluding hydrogens is 709 g/mol. The minimum absolute atomic E-state index is 0.00476. The fraction of sp³-hybridized carbons (Fsp3) is 0.512. The Morgan fingerprint density at radius 1 is 1.06 bits per heavy atom. The van der Waals surface area contributed by atoms with E-state index in [4.69, 9.17) is 14.5 Å². The first-order valence-electron chi connectivity index (χ1n) is 18.5. The summed E-state index contributed by atoms with van der Waals surface area (Å²) < 4.78 is 37.9. The number of benzene rings is 1. The molecule has 12 nitrogen and oxygen atoms in total. The van der Waals surface area contributed by atoms with Gasteiger partial charge in [0.15, 0.2) is 15.6 Å². The third kappa shape index (κ3) is 8.51. The number of ketones is 1. The van der Waals surface area contributed by atoms with E-state index in [1.54, 1.807) is 39.2 Å². The maximum absolute atomic E-state index is 14.7. The van der Waals surface area contributed by atoms with Crippen LogP contribution in [-0.4, -0.2) is 87.7 Å². The van der Waals surface area contributed by atoms with Crippen molar-refractivity contribution in [2.75, 3.05) is 12.3 Å². The minimum atomic E-state index is -3.65. The van der Waals surface area contributed by atoms with E-state index in [0.29, 0.717) is 24.4 Å². The first-order chi connectivity index (χ1) is 25.3. The largest absolute Gasteiger partial charge is 0.472 e. The number of hydrogen-bond acceptors (Lipinski definition) is 10. The van der Waals surface area contributed by atoms with Crippen LogP contribution < -0.4 is 10.1 Å². The van der Waals surface area contributed by atoms with Crippen LogP contribution in [0.1, 0.15) is 73.6 Å². The first-order valence-corrected chi connectivity index (χ1v) is 20.2. The van der Waals surface area contributed by atoms with Crippen LogP contribution in [0.3, 0.4) is 0 Å². The van der Waals surface area contributed by atoms with Crippen molar-refractivity contribution < 1.29 is 37.1 Å². The van der Waals surface area contributed by atoms with Crippen LogP contribution >= 0.6 is 0 Å². The molecule has 0 bridgehead atoms. The maximum Gasteiger partial charge on any atom is 0.307 e. The van der Waals surface area contributed by atoms with Crippen molar-refractivity contribution in [2.45, 2.75) is 102 Å². The van der Waals surface area contributed by atoms with Crippen molar-refractivity contribution >= 4 is 44.2 Å². The van der Waals surface area contributed by atoms with Crippen LogP contribution in [0.2, 0.25) is 0 Å². The second kappa shape index (κ2) is 14.5. The van der Waals surface area contributed by atoms with Gasteiger partial charge in [-0.2, -0.15) is 0 Å². The number of nitrogens with one attached hydrogen (secondary N) is 1. The molecular formula is C41H50N4O8S. The molecule has 1 saturated heterocycles. The number of pyridine rings is 2. The third-order valence-electron chi connectivity index (χ3n) is 10.5. The van der Waals surface area contributed by atoms with Crippen LogP contribution in [0.4, 0.5) is 0 Å². The number of fused-ring (bicyclic) bond motifs is 1. The molecule has 2 amide bonds. The Balaban J connectivity index is 1.33. The predicted octanol–water partition coefficient (Wildman–Crippen LogP) is 5.25. The number of carbonyl (C=O) groups is 4. The maximum atomic E-state index is 14.7. The van der Waals surface area contributed by atoms with E-state index in [9.17, 15) is 27.6 Å². The molecule has 1 aliphatic heterocycles. The number of rotatable bonds is 13. The lowest BCUT2D eigenvalue weighted by molar-refractivity contribution is -0.161. The zero-order valence-electron chi connectivity index (χ0n) is 31.8. The summed E-state index contributed by atoms with van der Waals surface area (Å²) in [5.74, 6) is -3.84. The van der Waals surface area contributed by atoms with E-state index >= 15 is 0 Å². The van der Waals surface area contributed by atoms with E-state index in [1.165, 1.54) is 4.90 Å². The Hall–Kier alpha value is -4.65. The van der Waals surface area contributed by atoms with Crippen LogP contribution in [-0.2, 0) is 33.8 Å². The molecule has 2 aliphatic carbocycles. The van der Waals surface area contributed by atoms with E-state index in [0.717, 1.165) is 16.3 Å². The lowest BCUT2D eigenvalue weighted by Crippen LogP contribution is -2.55. The van der Waals surface area contributed by atoms with Gasteiger partial charge in [0.05, 0.1) is 29.8 Å². The molecule has 13 heteroatoms. The number of ether oxygens (including phenoxy) is 2. The summed E-state index contributed by atoms with van der Waals surface area (Å²) in [5.41, 5.74) is -1.43.